The van der Waals surface area contributed by atoms with Crippen molar-refractivity contribution >= 4 is 0 Å². The van der Waals surface area contributed by atoms with Crippen LogP contribution in [0.3, 0.4) is 0 Å². The Labute approximate surface area is 177 Å². The summed E-state index contributed by atoms with van der Waals surface area (Å²) in [6, 6.07) is 0.261. The lowest BCUT2D eigenvalue weighted by atomic mass is 9.88. The van der Waals surface area contributed by atoms with Crippen LogP contribution in [0, 0.1) is 0 Å². The summed E-state index contributed by atoms with van der Waals surface area (Å²) in [6.07, 6.45) is 4.02. The van der Waals surface area contributed by atoms with Crippen LogP contribution >= 0.6 is 0 Å². The average molecular weight is 419 g/mol. The maximum absolute atomic E-state index is 13.5. The van der Waals surface area contributed by atoms with Gasteiger partial charge in [0.05, 0.1) is 24.4 Å². The number of hydrogen-bond acceptors (Lipinski definition) is 4. The minimum absolute atomic E-state index is 0.00366. The lowest BCUT2D eigenvalue weighted by molar-refractivity contribution is -0.0604. The van der Waals surface area contributed by atoms with Crippen LogP contribution in [0.25, 0.3) is 0 Å². The van der Waals surface area contributed by atoms with Gasteiger partial charge in [-0.1, -0.05) is 6.92 Å². The van der Waals surface area contributed by atoms with E-state index >= 15 is 0 Å². The highest BCUT2D eigenvalue weighted by molar-refractivity contribution is 5.07. The molecule has 0 bridgehead atoms. The highest BCUT2D eigenvalue weighted by Gasteiger charge is 2.52. The second-order valence-corrected chi connectivity index (χ2v) is 9.75. The second-order valence-electron chi connectivity index (χ2n) is 9.75. The standard InChI is InChI=1S/C12H22FNO.C11H22FNO/c1-9(2)15-10(3)12-5-4-6-14(12)8-11(13)7-12;1-5-11(14-8(2)3)10-6-9(12)7-13(10)4/h9-11H,4-8H2,1-3H3;8-11H,5-7H2,1-4H3/t10-,11+,12?;9-,10+,11+/m01/s1. The van der Waals surface area contributed by atoms with Gasteiger partial charge >= 0.3 is 0 Å². The van der Waals surface area contributed by atoms with Crippen molar-refractivity contribution in [1.82, 2.24) is 9.80 Å². The van der Waals surface area contributed by atoms with Gasteiger partial charge in [-0.15, -0.1) is 0 Å². The number of hydrogen-bond donors (Lipinski definition) is 0. The van der Waals surface area contributed by atoms with Gasteiger partial charge in [0.25, 0.3) is 0 Å². The molecule has 0 aliphatic carbocycles. The van der Waals surface area contributed by atoms with E-state index in [0.717, 1.165) is 19.4 Å². The fourth-order valence-electron chi connectivity index (χ4n) is 5.52. The SMILES string of the molecule is CC(C)O[C@@H](C)C12CCCN1C[C@H](F)C2.CC[C@H](OC(C)C)[C@@H]1C[C@@H](F)CN1C. The molecule has 0 amide bonds. The quantitative estimate of drug-likeness (QED) is 0.603. The maximum atomic E-state index is 13.5. The smallest absolute Gasteiger partial charge is 0.115 e. The Kier molecular flexibility index (Phi) is 9.32. The molecule has 3 saturated heterocycles. The van der Waals surface area contributed by atoms with Crippen molar-refractivity contribution in [2.75, 3.05) is 26.7 Å². The van der Waals surface area contributed by atoms with Crippen LogP contribution in [0.2, 0.25) is 0 Å². The first-order valence-corrected chi connectivity index (χ1v) is 11.6. The van der Waals surface area contributed by atoms with Crippen molar-refractivity contribution < 1.29 is 18.3 Å². The zero-order valence-corrected chi connectivity index (χ0v) is 19.7. The number of alkyl halides is 2. The lowest BCUT2D eigenvalue weighted by Crippen LogP contribution is -2.49. The van der Waals surface area contributed by atoms with Crippen molar-refractivity contribution in [2.24, 2.45) is 0 Å². The van der Waals surface area contributed by atoms with Gasteiger partial charge in [-0.3, -0.25) is 9.80 Å². The van der Waals surface area contributed by atoms with Crippen molar-refractivity contribution in [3.05, 3.63) is 0 Å². The largest absolute Gasteiger partial charge is 0.374 e. The molecule has 3 heterocycles. The molecule has 1 unspecified atom stereocenters. The third kappa shape index (κ3) is 6.34. The minimum atomic E-state index is -0.671. The third-order valence-corrected chi connectivity index (χ3v) is 6.72. The Hall–Kier alpha value is -0.300. The van der Waals surface area contributed by atoms with Crippen LogP contribution in [-0.2, 0) is 9.47 Å². The summed E-state index contributed by atoms with van der Waals surface area (Å²) in [7, 11) is 1.98. The zero-order chi connectivity index (χ0) is 21.8. The fourth-order valence-corrected chi connectivity index (χ4v) is 5.52. The molecule has 3 aliphatic heterocycles. The summed E-state index contributed by atoms with van der Waals surface area (Å²) in [6.45, 7) is 14.6. The van der Waals surface area contributed by atoms with E-state index in [4.69, 9.17) is 9.47 Å². The van der Waals surface area contributed by atoms with E-state index in [1.54, 1.807) is 0 Å². The van der Waals surface area contributed by atoms with Crippen LogP contribution in [0.4, 0.5) is 8.78 Å². The summed E-state index contributed by atoms with van der Waals surface area (Å²) in [5.74, 6) is 0. The summed E-state index contributed by atoms with van der Waals surface area (Å²) < 4.78 is 38.3. The maximum Gasteiger partial charge on any atom is 0.115 e. The van der Waals surface area contributed by atoms with E-state index in [1.165, 1.54) is 6.42 Å². The van der Waals surface area contributed by atoms with Crippen molar-refractivity contribution in [3.63, 3.8) is 0 Å². The van der Waals surface area contributed by atoms with Gasteiger partial charge in [0, 0.05) is 31.1 Å². The zero-order valence-electron chi connectivity index (χ0n) is 19.7. The number of ether oxygens (including phenoxy) is 2. The van der Waals surface area contributed by atoms with Gasteiger partial charge in [-0.05, 0) is 73.9 Å². The van der Waals surface area contributed by atoms with Gasteiger partial charge < -0.3 is 9.47 Å². The van der Waals surface area contributed by atoms with E-state index in [-0.39, 0.29) is 36.0 Å². The van der Waals surface area contributed by atoms with E-state index < -0.39 is 12.3 Å². The number of likely N-dealkylation sites (N-methyl/N-ethyl adjacent to an activating group) is 1. The molecular weight excluding hydrogens is 374 g/mol. The molecular formula is C23H44F2N2O2. The van der Waals surface area contributed by atoms with Crippen molar-refractivity contribution in [2.45, 2.75) is 122 Å². The second kappa shape index (κ2) is 10.8. The first-order valence-electron chi connectivity index (χ1n) is 11.6. The van der Waals surface area contributed by atoms with E-state index in [9.17, 15) is 8.78 Å². The van der Waals surface area contributed by atoms with Gasteiger partial charge in [0.1, 0.15) is 12.3 Å². The predicted molar refractivity (Wildman–Crippen MR) is 115 cm³/mol. The number of nitrogens with zero attached hydrogens (tertiary/aromatic N) is 2. The molecule has 3 rings (SSSR count). The molecule has 0 aromatic carbocycles. The highest BCUT2D eigenvalue weighted by atomic mass is 19.1. The van der Waals surface area contributed by atoms with Crippen LogP contribution in [-0.4, -0.2) is 84.8 Å². The van der Waals surface area contributed by atoms with Crippen molar-refractivity contribution in [3.8, 4) is 0 Å². The molecule has 3 fully saturated rings. The molecule has 0 spiro atoms. The number of likely N-dealkylation sites (tertiary alicyclic amines) is 1. The third-order valence-electron chi connectivity index (χ3n) is 6.72. The van der Waals surface area contributed by atoms with Gasteiger partial charge in [-0.25, -0.2) is 8.78 Å². The Morgan fingerprint density at radius 3 is 2.17 bits per heavy atom. The first-order chi connectivity index (χ1) is 13.6. The van der Waals surface area contributed by atoms with Gasteiger partial charge in [0.15, 0.2) is 0 Å². The lowest BCUT2D eigenvalue weighted by Gasteiger charge is -2.38. The summed E-state index contributed by atoms with van der Waals surface area (Å²) in [5.41, 5.74) is 0.00366. The molecule has 0 saturated carbocycles. The molecule has 172 valence electrons. The van der Waals surface area contributed by atoms with Crippen LogP contribution < -0.4 is 0 Å². The van der Waals surface area contributed by atoms with Crippen molar-refractivity contribution in [1.29, 1.82) is 0 Å². The molecule has 6 atom stereocenters. The molecule has 29 heavy (non-hydrogen) atoms. The van der Waals surface area contributed by atoms with E-state index in [0.29, 0.717) is 25.9 Å². The fraction of sp³-hybridized carbons (Fsp3) is 1.00. The highest BCUT2D eigenvalue weighted by Crippen LogP contribution is 2.43. The number of fused-ring (bicyclic) bond motifs is 1. The molecule has 0 aromatic heterocycles. The first kappa shape index (κ1) is 25.0. The molecule has 6 heteroatoms. The van der Waals surface area contributed by atoms with Gasteiger partial charge in [0.2, 0.25) is 0 Å². The van der Waals surface area contributed by atoms with E-state index in [1.807, 2.05) is 34.7 Å². The summed E-state index contributed by atoms with van der Waals surface area (Å²) >= 11 is 0. The monoisotopic (exact) mass is 418 g/mol. The molecule has 0 radical (unpaired) electrons. The predicted octanol–water partition coefficient (Wildman–Crippen LogP) is 4.61. The van der Waals surface area contributed by atoms with Crippen LogP contribution in [0.15, 0.2) is 0 Å². The Morgan fingerprint density at radius 1 is 1.00 bits per heavy atom. The molecule has 0 N–H and O–H groups in total. The molecule has 0 aromatic rings. The molecule has 4 nitrogen and oxygen atoms in total. The number of halogens is 2. The normalized spacial score (nSPS) is 35.1. The van der Waals surface area contributed by atoms with Crippen LogP contribution in [0.1, 0.15) is 73.6 Å². The number of rotatable bonds is 7. The van der Waals surface area contributed by atoms with Gasteiger partial charge in [-0.2, -0.15) is 0 Å². The Morgan fingerprint density at radius 2 is 1.66 bits per heavy atom. The Bertz CT molecular complexity index is 493. The minimum Gasteiger partial charge on any atom is -0.374 e. The van der Waals surface area contributed by atoms with E-state index in [2.05, 4.69) is 23.6 Å². The average Bonchev–Trinajstić information content (AvgIpc) is 3.24. The summed E-state index contributed by atoms with van der Waals surface area (Å²) in [4.78, 5) is 4.39. The Balaban J connectivity index is 0.000000208. The topological polar surface area (TPSA) is 24.9 Å². The molecule has 3 aliphatic rings. The summed E-state index contributed by atoms with van der Waals surface area (Å²) in [5, 5.41) is 0. The van der Waals surface area contributed by atoms with Crippen LogP contribution in [0.5, 0.6) is 0 Å².